The van der Waals surface area contributed by atoms with E-state index in [1.54, 1.807) is 6.92 Å². The van der Waals surface area contributed by atoms with E-state index in [4.69, 9.17) is 27.6 Å². The molecule has 0 radical (unpaired) electrons. The fourth-order valence-electron chi connectivity index (χ4n) is 1.69. The molecule has 1 N–H and O–H groups in total. The molecule has 0 bridgehead atoms. The molecule has 0 aromatic carbocycles. The Hall–Kier alpha value is -1.61. The molecule has 0 saturated heterocycles. The summed E-state index contributed by atoms with van der Waals surface area (Å²) in [7, 11) is 0. The van der Waals surface area contributed by atoms with Crippen molar-refractivity contribution in [1.29, 1.82) is 0 Å². The average Bonchev–Trinajstić information content (AvgIpc) is 3.20. The molecule has 3 aromatic rings. The zero-order chi connectivity index (χ0) is 17.1. The molecule has 24 heavy (non-hydrogen) atoms. The number of pyridine rings is 1. The maximum absolute atomic E-state index is 12.2. The second kappa shape index (κ2) is 7.52. The second-order valence-electron chi connectivity index (χ2n) is 4.58. The molecular weight excluding hydrogens is 391 g/mol. The lowest BCUT2D eigenvalue weighted by molar-refractivity contribution is -0.115. The summed E-state index contributed by atoms with van der Waals surface area (Å²) in [6.07, 6.45) is 1.41. The topological polar surface area (TPSA) is 80.9 Å². The summed E-state index contributed by atoms with van der Waals surface area (Å²) in [4.78, 5) is 17.1. The van der Waals surface area contributed by atoms with Crippen molar-refractivity contribution in [2.45, 2.75) is 17.4 Å². The molecule has 6 nitrogen and oxygen atoms in total. The van der Waals surface area contributed by atoms with Crippen LogP contribution in [0.1, 0.15) is 6.92 Å². The minimum Gasteiger partial charge on any atom is -0.410 e. The van der Waals surface area contributed by atoms with Gasteiger partial charge in [-0.1, -0.05) is 41.0 Å². The first kappa shape index (κ1) is 17.2. The number of nitrogens with zero attached hydrogens (tertiary/aromatic N) is 3. The van der Waals surface area contributed by atoms with Gasteiger partial charge in [0.25, 0.3) is 11.1 Å². The molecule has 3 aromatic heterocycles. The predicted octanol–water partition coefficient (Wildman–Crippen LogP) is 4.62. The van der Waals surface area contributed by atoms with Crippen molar-refractivity contribution in [3.05, 3.63) is 39.8 Å². The standard InChI is InChI=1S/C14H10Cl2N4O2S2/c1-7(12(21)18-11-9(16)5-8(15)6-17-11)24-14-20-19-13(22-14)10-3-2-4-23-10/h2-7H,1H3,(H,17,18,21)/t7-/m1/s1. The van der Waals surface area contributed by atoms with Crippen molar-refractivity contribution >= 4 is 58.0 Å². The second-order valence-corrected chi connectivity index (χ2v) is 7.67. The van der Waals surface area contributed by atoms with E-state index in [1.807, 2.05) is 17.5 Å². The molecule has 0 unspecified atom stereocenters. The van der Waals surface area contributed by atoms with Gasteiger partial charge in [0, 0.05) is 6.20 Å². The zero-order valence-electron chi connectivity index (χ0n) is 12.2. The van der Waals surface area contributed by atoms with Crippen LogP contribution in [0.25, 0.3) is 10.8 Å². The molecule has 0 aliphatic heterocycles. The van der Waals surface area contributed by atoms with Gasteiger partial charge in [0.1, 0.15) is 0 Å². The van der Waals surface area contributed by atoms with Crippen LogP contribution >= 0.6 is 46.3 Å². The van der Waals surface area contributed by atoms with Gasteiger partial charge in [-0.3, -0.25) is 4.79 Å². The SMILES string of the molecule is C[C@@H](Sc1nnc(-c2cccs2)o1)C(=O)Nc1ncc(Cl)cc1Cl. The maximum Gasteiger partial charge on any atom is 0.277 e. The van der Waals surface area contributed by atoms with Gasteiger partial charge >= 0.3 is 0 Å². The van der Waals surface area contributed by atoms with E-state index in [9.17, 15) is 4.79 Å². The molecule has 10 heteroatoms. The van der Waals surface area contributed by atoms with Gasteiger partial charge < -0.3 is 9.73 Å². The van der Waals surface area contributed by atoms with Crippen LogP contribution in [0.2, 0.25) is 10.0 Å². The highest BCUT2D eigenvalue weighted by Gasteiger charge is 2.20. The van der Waals surface area contributed by atoms with Crippen molar-refractivity contribution in [2.75, 3.05) is 5.32 Å². The van der Waals surface area contributed by atoms with Crippen LogP contribution in [0.15, 0.2) is 39.4 Å². The summed E-state index contributed by atoms with van der Waals surface area (Å²) in [6.45, 7) is 1.72. The molecule has 0 aliphatic rings. The summed E-state index contributed by atoms with van der Waals surface area (Å²) in [5, 5.41) is 13.0. The highest BCUT2D eigenvalue weighted by Crippen LogP contribution is 2.29. The number of amides is 1. The van der Waals surface area contributed by atoms with E-state index in [-0.39, 0.29) is 16.7 Å². The van der Waals surface area contributed by atoms with E-state index in [2.05, 4.69) is 20.5 Å². The molecule has 0 aliphatic carbocycles. The van der Waals surface area contributed by atoms with E-state index < -0.39 is 5.25 Å². The lowest BCUT2D eigenvalue weighted by Crippen LogP contribution is -2.23. The van der Waals surface area contributed by atoms with E-state index in [0.717, 1.165) is 16.6 Å². The normalized spacial score (nSPS) is 12.1. The molecule has 124 valence electrons. The highest BCUT2D eigenvalue weighted by atomic mass is 35.5. The third kappa shape index (κ3) is 4.07. The molecular formula is C14H10Cl2N4O2S2. The molecule has 0 saturated carbocycles. The van der Waals surface area contributed by atoms with Gasteiger partial charge in [0.2, 0.25) is 5.91 Å². The summed E-state index contributed by atoms with van der Waals surface area (Å²) < 4.78 is 5.55. The Labute approximate surface area is 155 Å². The van der Waals surface area contributed by atoms with E-state index >= 15 is 0 Å². The number of thioether (sulfide) groups is 1. The summed E-state index contributed by atoms with van der Waals surface area (Å²) >= 11 is 14.4. The van der Waals surface area contributed by atoms with Crippen molar-refractivity contribution in [1.82, 2.24) is 15.2 Å². The van der Waals surface area contributed by atoms with Gasteiger partial charge in [-0.15, -0.1) is 21.5 Å². The number of anilines is 1. The largest absolute Gasteiger partial charge is 0.410 e. The first-order valence-electron chi connectivity index (χ1n) is 6.69. The van der Waals surface area contributed by atoms with Crippen molar-refractivity contribution in [3.63, 3.8) is 0 Å². The molecule has 0 fully saturated rings. The summed E-state index contributed by atoms with van der Waals surface area (Å²) in [5.74, 6) is 0.401. The van der Waals surface area contributed by atoms with Crippen LogP contribution in [0, 0.1) is 0 Å². The number of aromatic nitrogens is 3. The highest BCUT2D eigenvalue weighted by molar-refractivity contribution is 8.00. The number of halogens is 2. The van der Waals surface area contributed by atoms with E-state index in [1.165, 1.54) is 23.6 Å². The van der Waals surface area contributed by atoms with Gasteiger partial charge in [0.15, 0.2) is 5.82 Å². The van der Waals surface area contributed by atoms with Crippen LogP contribution in [0.5, 0.6) is 0 Å². The Morgan fingerprint density at radius 3 is 2.96 bits per heavy atom. The molecule has 0 spiro atoms. The van der Waals surface area contributed by atoms with Gasteiger partial charge in [-0.2, -0.15) is 0 Å². The Balaban J connectivity index is 1.64. The van der Waals surface area contributed by atoms with Crippen molar-refractivity contribution < 1.29 is 9.21 Å². The van der Waals surface area contributed by atoms with Crippen LogP contribution in [0.3, 0.4) is 0 Å². The average molecular weight is 401 g/mol. The first-order valence-corrected chi connectivity index (χ1v) is 9.20. The number of hydrogen-bond donors (Lipinski definition) is 1. The predicted molar refractivity (Wildman–Crippen MR) is 95.8 cm³/mol. The summed E-state index contributed by atoms with van der Waals surface area (Å²) in [6, 6.07) is 5.29. The molecule has 3 rings (SSSR count). The van der Waals surface area contributed by atoms with E-state index in [0.29, 0.717) is 16.1 Å². The zero-order valence-corrected chi connectivity index (χ0v) is 15.3. The fourth-order valence-corrected chi connectivity index (χ4v) is 3.44. The molecule has 1 atom stereocenters. The number of nitrogens with one attached hydrogen (secondary N) is 1. The van der Waals surface area contributed by atoms with Gasteiger partial charge in [-0.05, 0) is 24.4 Å². The third-order valence-corrected chi connectivity index (χ3v) is 5.12. The smallest absolute Gasteiger partial charge is 0.277 e. The Morgan fingerprint density at radius 1 is 1.42 bits per heavy atom. The molecule has 1 amide bonds. The number of thiophene rings is 1. The lowest BCUT2D eigenvalue weighted by atomic mass is 10.4. The van der Waals surface area contributed by atoms with Crippen molar-refractivity contribution in [2.24, 2.45) is 0 Å². The first-order chi connectivity index (χ1) is 11.5. The van der Waals surface area contributed by atoms with Gasteiger partial charge in [0.05, 0.1) is 20.2 Å². The van der Waals surface area contributed by atoms with Crippen LogP contribution in [-0.4, -0.2) is 26.3 Å². The lowest BCUT2D eigenvalue weighted by Gasteiger charge is -2.10. The Morgan fingerprint density at radius 2 is 2.25 bits per heavy atom. The minimum atomic E-state index is -0.477. The molecule has 3 heterocycles. The van der Waals surface area contributed by atoms with Crippen LogP contribution < -0.4 is 5.32 Å². The van der Waals surface area contributed by atoms with Crippen LogP contribution in [-0.2, 0) is 4.79 Å². The summed E-state index contributed by atoms with van der Waals surface area (Å²) in [5.41, 5.74) is 0. The maximum atomic E-state index is 12.2. The third-order valence-electron chi connectivity index (χ3n) is 2.83. The van der Waals surface area contributed by atoms with Gasteiger partial charge in [-0.25, -0.2) is 4.98 Å². The number of rotatable bonds is 5. The fraction of sp³-hybridized carbons (Fsp3) is 0.143. The Kier molecular flexibility index (Phi) is 5.40. The monoisotopic (exact) mass is 400 g/mol. The van der Waals surface area contributed by atoms with Crippen LogP contribution in [0.4, 0.5) is 5.82 Å². The van der Waals surface area contributed by atoms with Crippen molar-refractivity contribution in [3.8, 4) is 10.8 Å². The minimum absolute atomic E-state index is 0.253. The number of hydrogen-bond acceptors (Lipinski definition) is 7. The Bertz CT molecular complexity index is 854. The number of carbonyl (C=O) groups is 1. The number of carbonyl (C=O) groups excluding carboxylic acids is 1. The quantitative estimate of drug-likeness (QED) is 0.629.